The van der Waals surface area contributed by atoms with Crippen LogP contribution in [0.4, 0.5) is 10.1 Å². The third-order valence-electron chi connectivity index (χ3n) is 5.84. The summed E-state index contributed by atoms with van der Waals surface area (Å²) >= 11 is 1.42. The van der Waals surface area contributed by atoms with Gasteiger partial charge in [0.25, 0.3) is 5.56 Å². The van der Waals surface area contributed by atoms with Crippen molar-refractivity contribution in [1.82, 2.24) is 4.57 Å². The second kappa shape index (κ2) is 8.06. The van der Waals surface area contributed by atoms with Gasteiger partial charge in [-0.3, -0.25) is 9.59 Å². The molecular weight excluding hydrogens is 425 g/mol. The molecule has 32 heavy (non-hydrogen) atoms. The number of Topliss-reactive ketones (excluding diaryl/α,β-unsaturated/α-hetero) is 1. The number of halogens is 1. The number of rotatable bonds is 5. The maximum Gasteiger partial charge on any atom is 0.271 e. The van der Waals surface area contributed by atoms with Crippen LogP contribution in [0.5, 0.6) is 0 Å². The molecule has 4 aromatic rings. The number of ketones is 1. The summed E-state index contributed by atoms with van der Waals surface area (Å²) in [4.78, 5) is 28.7. The first-order valence-corrected chi connectivity index (χ1v) is 11.1. The van der Waals surface area contributed by atoms with E-state index in [1.807, 2.05) is 46.7 Å². The summed E-state index contributed by atoms with van der Waals surface area (Å²) in [5.41, 5.74) is 1.72. The highest BCUT2D eigenvalue weighted by atomic mass is 32.1. The number of aromatic nitrogens is 1. The summed E-state index contributed by atoms with van der Waals surface area (Å²) in [5.74, 6) is -0.396. The SMILES string of the molecule is N#Cc1c(N2CC(C(=O)c3cccs3)C2)c2ccccc2n(Cc2ccc(F)cc2)c1=O. The van der Waals surface area contributed by atoms with Crippen LogP contribution in [0, 0.1) is 23.1 Å². The minimum Gasteiger partial charge on any atom is -0.368 e. The maximum absolute atomic E-state index is 13.3. The predicted octanol–water partition coefficient (Wildman–Crippen LogP) is 4.44. The fourth-order valence-corrected chi connectivity index (χ4v) is 4.94. The number of benzene rings is 2. The summed E-state index contributed by atoms with van der Waals surface area (Å²) in [6.07, 6.45) is 0. The van der Waals surface area contributed by atoms with Crippen LogP contribution in [-0.2, 0) is 6.54 Å². The molecule has 0 spiro atoms. The van der Waals surface area contributed by atoms with Gasteiger partial charge < -0.3 is 9.47 Å². The number of para-hydroxylation sites is 1. The maximum atomic E-state index is 13.3. The second-order valence-electron chi connectivity index (χ2n) is 7.81. The zero-order valence-electron chi connectivity index (χ0n) is 17.0. The number of nitriles is 1. The molecule has 0 unspecified atom stereocenters. The van der Waals surface area contributed by atoms with E-state index < -0.39 is 5.56 Å². The molecule has 1 fully saturated rings. The number of hydrogen-bond acceptors (Lipinski definition) is 5. The smallest absolute Gasteiger partial charge is 0.271 e. The lowest BCUT2D eigenvalue weighted by molar-refractivity contribution is 0.0902. The van der Waals surface area contributed by atoms with Crippen molar-refractivity contribution in [1.29, 1.82) is 5.26 Å². The van der Waals surface area contributed by atoms with Crippen molar-refractivity contribution in [2.75, 3.05) is 18.0 Å². The van der Waals surface area contributed by atoms with E-state index >= 15 is 0 Å². The zero-order valence-corrected chi connectivity index (χ0v) is 17.8. The van der Waals surface area contributed by atoms with Crippen molar-refractivity contribution in [3.63, 3.8) is 0 Å². The molecule has 0 amide bonds. The Morgan fingerprint density at radius 3 is 2.53 bits per heavy atom. The van der Waals surface area contributed by atoms with Crippen LogP contribution in [0.3, 0.4) is 0 Å². The summed E-state index contributed by atoms with van der Waals surface area (Å²) < 4.78 is 14.9. The zero-order chi connectivity index (χ0) is 22.2. The lowest BCUT2D eigenvalue weighted by Gasteiger charge is -2.41. The average Bonchev–Trinajstić information content (AvgIpc) is 3.31. The molecule has 1 aliphatic rings. The number of carbonyl (C=O) groups excluding carboxylic acids is 1. The molecule has 5 rings (SSSR count). The van der Waals surface area contributed by atoms with Crippen molar-refractivity contribution in [2.45, 2.75) is 6.54 Å². The van der Waals surface area contributed by atoms with E-state index in [1.54, 1.807) is 16.7 Å². The molecule has 5 nitrogen and oxygen atoms in total. The highest BCUT2D eigenvalue weighted by molar-refractivity contribution is 7.12. The van der Waals surface area contributed by atoms with Crippen LogP contribution < -0.4 is 10.5 Å². The first-order chi connectivity index (χ1) is 15.6. The van der Waals surface area contributed by atoms with Gasteiger partial charge in [-0.25, -0.2) is 4.39 Å². The second-order valence-corrected chi connectivity index (χ2v) is 8.76. The van der Waals surface area contributed by atoms with E-state index in [1.165, 1.54) is 23.5 Å². The molecule has 3 heterocycles. The summed E-state index contributed by atoms with van der Waals surface area (Å²) in [6.45, 7) is 1.17. The van der Waals surface area contributed by atoms with Crippen LogP contribution in [-0.4, -0.2) is 23.4 Å². The highest BCUT2D eigenvalue weighted by Gasteiger charge is 2.36. The third-order valence-corrected chi connectivity index (χ3v) is 6.73. The number of nitrogens with zero attached hydrogens (tertiary/aromatic N) is 3. The van der Waals surface area contributed by atoms with E-state index in [0.717, 1.165) is 15.8 Å². The van der Waals surface area contributed by atoms with E-state index in [2.05, 4.69) is 6.07 Å². The van der Waals surface area contributed by atoms with Gasteiger partial charge in [-0.2, -0.15) is 5.26 Å². The molecule has 1 aliphatic heterocycles. The fraction of sp³-hybridized carbons (Fsp3) is 0.160. The van der Waals surface area contributed by atoms with Crippen molar-refractivity contribution >= 4 is 33.7 Å². The molecular formula is C25H18FN3O2S. The Morgan fingerprint density at radius 2 is 1.84 bits per heavy atom. The van der Waals surface area contributed by atoms with Gasteiger partial charge in [-0.1, -0.05) is 36.4 Å². The summed E-state index contributed by atoms with van der Waals surface area (Å²) in [6, 6.07) is 19.2. The molecule has 0 bridgehead atoms. The van der Waals surface area contributed by atoms with Gasteiger partial charge >= 0.3 is 0 Å². The standard InChI is InChI=1S/C25H18FN3O2S/c26-18-9-7-16(8-10-18)13-29-21-5-2-1-4-19(21)23(20(12-27)25(29)31)28-14-17(15-28)24(30)22-6-3-11-32-22/h1-11,17H,13-15H2. The molecule has 0 radical (unpaired) electrons. The molecule has 0 atom stereocenters. The van der Waals surface area contributed by atoms with Gasteiger partial charge in [0, 0.05) is 18.5 Å². The minimum absolute atomic E-state index is 0.0628. The molecule has 2 aromatic heterocycles. The van der Waals surface area contributed by atoms with Crippen molar-refractivity contribution in [3.05, 3.63) is 98.2 Å². The van der Waals surface area contributed by atoms with Gasteiger partial charge in [0.15, 0.2) is 5.78 Å². The Kier molecular flexibility index (Phi) is 5.08. The van der Waals surface area contributed by atoms with E-state index in [0.29, 0.717) is 24.3 Å². The van der Waals surface area contributed by atoms with E-state index in [4.69, 9.17) is 0 Å². The Bertz CT molecular complexity index is 1410. The molecule has 7 heteroatoms. The highest BCUT2D eigenvalue weighted by Crippen LogP contribution is 2.35. The monoisotopic (exact) mass is 443 g/mol. The Balaban J connectivity index is 1.55. The first-order valence-electron chi connectivity index (χ1n) is 10.2. The van der Waals surface area contributed by atoms with E-state index in [9.17, 15) is 19.2 Å². The topological polar surface area (TPSA) is 66.1 Å². The van der Waals surface area contributed by atoms with Gasteiger partial charge in [-0.05, 0) is 35.2 Å². The first kappa shape index (κ1) is 20.2. The quantitative estimate of drug-likeness (QED) is 0.428. The molecule has 2 aromatic carbocycles. The lowest BCUT2D eigenvalue weighted by atomic mass is 9.92. The minimum atomic E-state index is -0.390. The number of thiophene rings is 1. The predicted molar refractivity (Wildman–Crippen MR) is 123 cm³/mol. The lowest BCUT2D eigenvalue weighted by Crippen LogP contribution is -2.51. The molecule has 0 N–H and O–H groups in total. The summed E-state index contributed by atoms with van der Waals surface area (Å²) in [5, 5.41) is 12.5. The number of hydrogen-bond donors (Lipinski definition) is 0. The van der Waals surface area contributed by atoms with E-state index in [-0.39, 0.29) is 29.6 Å². The third kappa shape index (κ3) is 3.39. The van der Waals surface area contributed by atoms with Crippen molar-refractivity contribution in [3.8, 4) is 6.07 Å². The van der Waals surface area contributed by atoms with Gasteiger partial charge in [0.05, 0.1) is 28.5 Å². The van der Waals surface area contributed by atoms with Crippen molar-refractivity contribution < 1.29 is 9.18 Å². The fourth-order valence-electron chi connectivity index (χ4n) is 4.20. The van der Waals surface area contributed by atoms with Gasteiger partial charge in [-0.15, -0.1) is 11.3 Å². The number of carbonyl (C=O) groups is 1. The van der Waals surface area contributed by atoms with Crippen LogP contribution in [0.2, 0.25) is 0 Å². The van der Waals surface area contributed by atoms with Crippen LogP contribution in [0.25, 0.3) is 10.9 Å². The largest absolute Gasteiger partial charge is 0.368 e. The number of fused-ring (bicyclic) bond motifs is 1. The Hall–Kier alpha value is -3.76. The normalized spacial score (nSPS) is 13.7. The summed E-state index contributed by atoms with van der Waals surface area (Å²) in [7, 11) is 0. The molecule has 1 saturated heterocycles. The van der Waals surface area contributed by atoms with Crippen LogP contribution in [0.15, 0.2) is 70.8 Å². The molecule has 0 saturated carbocycles. The Labute approximate surface area is 187 Å². The van der Waals surface area contributed by atoms with Gasteiger partial charge in [0.2, 0.25) is 0 Å². The number of pyridine rings is 1. The molecule has 158 valence electrons. The average molecular weight is 444 g/mol. The van der Waals surface area contributed by atoms with Crippen LogP contribution in [0.1, 0.15) is 20.8 Å². The van der Waals surface area contributed by atoms with Crippen LogP contribution >= 0.6 is 11.3 Å². The molecule has 0 aliphatic carbocycles. The van der Waals surface area contributed by atoms with Gasteiger partial charge in [0.1, 0.15) is 17.4 Å². The Morgan fingerprint density at radius 1 is 1.09 bits per heavy atom. The van der Waals surface area contributed by atoms with Crippen molar-refractivity contribution in [2.24, 2.45) is 5.92 Å². The number of anilines is 1.